The second-order valence-electron chi connectivity index (χ2n) is 2.99. The summed E-state index contributed by atoms with van der Waals surface area (Å²) in [6.45, 7) is -1.21. The van der Waals surface area contributed by atoms with Crippen LogP contribution in [-0.4, -0.2) is 69.6 Å². The van der Waals surface area contributed by atoms with Crippen LogP contribution in [0.1, 0.15) is 0 Å². The van der Waals surface area contributed by atoms with Crippen molar-refractivity contribution in [2.75, 3.05) is 13.4 Å². The second kappa shape index (κ2) is 4.99. The first kappa shape index (κ1) is 11.8. The summed E-state index contributed by atoms with van der Waals surface area (Å²) < 4.78 is 9.43. The number of ether oxygens (including phenoxy) is 2. The van der Waals surface area contributed by atoms with Gasteiger partial charge in [-0.1, -0.05) is 0 Å². The zero-order valence-corrected chi connectivity index (χ0v) is 7.35. The second-order valence-corrected chi connectivity index (χ2v) is 2.99. The zero-order valence-electron chi connectivity index (χ0n) is 7.35. The molecule has 0 bridgehead atoms. The van der Waals surface area contributed by atoms with Gasteiger partial charge in [0.05, 0.1) is 6.61 Å². The summed E-state index contributed by atoms with van der Waals surface area (Å²) in [6.07, 6.45) is -6.61. The lowest BCUT2D eigenvalue weighted by Crippen LogP contribution is -2.59. The van der Waals surface area contributed by atoms with Gasteiger partial charge in [0.1, 0.15) is 31.2 Å². The van der Waals surface area contributed by atoms with E-state index >= 15 is 0 Å². The van der Waals surface area contributed by atoms with Crippen molar-refractivity contribution in [2.45, 2.75) is 30.7 Å². The smallest absolute Gasteiger partial charge is 0.189 e. The fourth-order valence-corrected chi connectivity index (χ4v) is 1.28. The van der Waals surface area contributed by atoms with E-state index in [0.29, 0.717) is 0 Å². The standard InChI is InChI=1S/C7H14O7/c8-1-3-4(10)5(11)6(12)7(14-3)13-2-9/h3-12H,1-2H2/t3-,4-,5+,6-,7-/m1/s1. The van der Waals surface area contributed by atoms with Crippen molar-refractivity contribution in [1.82, 2.24) is 0 Å². The lowest BCUT2D eigenvalue weighted by molar-refractivity contribution is -0.313. The Hall–Kier alpha value is -0.280. The monoisotopic (exact) mass is 210 g/mol. The molecule has 7 nitrogen and oxygen atoms in total. The van der Waals surface area contributed by atoms with Gasteiger partial charge in [-0.2, -0.15) is 0 Å². The van der Waals surface area contributed by atoms with Crippen molar-refractivity contribution in [3.63, 3.8) is 0 Å². The maximum Gasteiger partial charge on any atom is 0.189 e. The van der Waals surface area contributed by atoms with E-state index in [1.165, 1.54) is 0 Å². The van der Waals surface area contributed by atoms with E-state index in [1.807, 2.05) is 0 Å². The summed E-state index contributed by atoms with van der Waals surface area (Å²) in [7, 11) is 0. The Kier molecular flexibility index (Phi) is 4.20. The van der Waals surface area contributed by atoms with Crippen LogP contribution >= 0.6 is 0 Å². The molecule has 14 heavy (non-hydrogen) atoms. The number of hydrogen-bond acceptors (Lipinski definition) is 7. The van der Waals surface area contributed by atoms with Gasteiger partial charge in [0.15, 0.2) is 6.29 Å². The number of aliphatic hydroxyl groups excluding tert-OH is 5. The Bertz CT molecular complexity index is 171. The van der Waals surface area contributed by atoms with E-state index in [-0.39, 0.29) is 0 Å². The molecule has 5 N–H and O–H groups in total. The van der Waals surface area contributed by atoms with Crippen LogP contribution in [-0.2, 0) is 9.47 Å². The van der Waals surface area contributed by atoms with Crippen molar-refractivity contribution in [2.24, 2.45) is 0 Å². The zero-order chi connectivity index (χ0) is 10.7. The molecule has 0 aromatic rings. The molecule has 1 aliphatic heterocycles. The molecule has 1 fully saturated rings. The molecule has 0 unspecified atom stereocenters. The van der Waals surface area contributed by atoms with Crippen LogP contribution in [0.4, 0.5) is 0 Å². The molecule has 5 atom stereocenters. The molecule has 0 aromatic heterocycles. The molecule has 0 saturated carbocycles. The molecule has 0 aromatic carbocycles. The molecule has 0 spiro atoms. The topological polar surface area (TPSA) is 120 Å². The molecule has 1 aliphatic rings. The summed E-state index contributed by atoms with van der Waals surface area (Å²) in [5, 5.41) is 45.1. The summed E-state index contributed by atoms with van der Waals surface area (Å²) in [5.41, 5.74) is 0. The third kappa shape index (κ3) is 2.20. The van der Waals surface area contributed by atoms with Crippen LogP contribution in [0, 0.1) is 0 Å². The van der Waals surface area contributed by atoms with Crippen LogP contribution in [0.25, 0.3) is 0 Å². The lowest BCUT2D eigenvalue weighted by Gasteiger charge is -2.39. The van der Waals surface area contributed by atoms with E-state index in [4.69, 9.17) is 14.9 Å². The third-order valence-corrected chi connectivity index (χ3v) is 2.09. The Labute approximate surface area is 80.1 Å². The van der Waals surface area contributed by atoms with Crippen molar-refractivity contribution >= 4 is 0 Å². The summed E-state index contributed by atoms with van der Waals surface area (Å²) in [4.78, 5) is 0. The van der Waals surface area contributed by atoms with Gasteiger partial charge in [-0.25, -0.2) is 0 Å². The fraction of sp³-hybridized carbons (Fsp3) is 1.00. The minimum atomic E-state index is -1.47. The molecular formula is C7H14O7. The number of rotatable bonds is 3. The molecule has 84 valence electrons. The van der Waals surface area contributed by atoms with E-state index < -0.39 is 44.1 Å². The third-order valence-electron chi connectivity index (χ3n) is 2.09. The van der Waals surface area contributed by atoms with Crippen molar-refractivity contribution in [1.29, 1.82) is 0 Å². The van der Waals surface area contributed by atoms with Gasteiger partial charge in [-0.3, -0.25) is 0 Å². The fourth-order valence-electron chi connectivity index (χ4n) is 1.28. The predicted octanol–water partition coefficient (Wildman–Crippen LogP) is -3.25. The van der Waals surface area contributed by atoms with Crippen molar-refractivity contribution < 1.29 is 35.0 Å². The lowest BCUT2D eigenvalue weighted by atomic mass is 9.99. The molecular weight excluding hydrogens is 196 g/mol. The maximum absolute atomic E-state index is 9.30. The molecule has 1 heterocycles. The predicted molar refractivity (Wildman–Crippen MR) is 41.9 cm³/mol. The minimum absolute atomic E-state index is 0.518. The average Bonchev–Trinajstić information content (AvgIpc) is 2.19. The highest BCUT2D eigenvalue weighted by molar-refractivity contribution is 4.88. The first-order chi connectivity index (χ1) is 6.61. The van der Waals surface area contributed by atoms with Gasteiger partial charge in [0, 0.05) is 0 Å². The average molecular weight is 210 g/mol. The first-order valence-corrected chi connectivity index (χ1v) is 4.14. The number of hydrogen-bond donors (Lipinski definition) is 5. The highest BCUT2D eigenvalue weighted by Crippen LogP contribution is 2.21. The van der Waals surface area contributed by atoms with E-state index in [9.17, 15) is 15.3 Å². The van der Waals surface area contributed by atoms with Gasteiger partial charge >= 0.3 is 0 Å². The Morgan fingerprint density at radius 1 is 1.00 bits per heavy atom. The Balaban J connectivity index is 2.63. The molecule has 0 amide bonds. The van der Waals surface area contributed by atoms with Crippen LogP contribution < -0.4 is 0 Å². The van der Waals surface area contributed by atoms with Crippen LogP contribution in [0.15, 0.2) is 0 Å². The van der Waals surface area contributed by atoms with Gasteiger partial charge in [-0.05, 0) is 0 Å². The van der Waals surface area contributed by atoms with E-state index in [1.54, 1.807) is 0 Å². The summed E-state index contributed by atoms with van der Waals surface area (Å²) in [6, 6.07) is 0. The highest BCUT2D eigenvalue weighted by atomic mass is 16.7. The largest absolute Gasteiger partial charge is 0.394 e. The molecule has 1 saturated heterocycles. The Morgan fingerprint density at radius 3 is 2.14 bits per heavy atom. The van der Waals surface area contributed by atoms with Crippen LogP contribution in [0.2, 0.25) is 0 Å². The molecule has 0 aliphatic carbocycles. The van der Waals surface area contributed by atoms with Crippen molar-refractivity contribution in [3.8, 4) is 0 Å². The van der Waals surface area contributed by atoms with Gasteiger partial charge in [-0.15, -0.1) is 0 Å². The maximum atomic E-state index is 9.30. The quantitative estimate of drug-likeness (QED) is 0.310. The Morgan fingerprint density at radius 2 is 1.64 bits per heavy atom. The van der Waals surface area contributed by atoms with Gasteiger partial charge < -0.3 is 35.0 Å². The SMILES string of the molecule is OCO[C@@H]1O[C@H](CO)[C@@H](O)[C@H](O)[C@H]1O. The minimum Gasteiger partial charge on any atom is -0.394 e. The van der Waals surface area contributed by atoms with Crippen LogP contribution in [0.5, 0.6) is 0 Å². The van der Waals surface area contributed by atoms with Crippen molar-refractivity contribution in [3.05, 3.63) is 0 Å². The van der Waals surface area contributed by atoms with E-state index in [0.717, 1.165) is 0 Å². The van der Waals surface area contributed by atoms with Crippen LogP contribution in [0.3, 0.4) is 0 Å². The first-order valence-electron chi connectivity index (χ1n) is 4.14. The number of aliphatic hydroxyl groups is 5. The molecule has 1 rings (SSSR count). The highest BCUT2D eigenvalue weighted by Gasteiger charge is 2.43. The molecule has 7 heteroatoms. The van der Waals surface area contributed by atoms with Gasteiger partial charge in [0.2, 0.25) is 0 Å². The molecule has 0 radical (unpaired) electrons. The summed E-state index contributed by atoms with van der Waals surface area (Å²) in [5.74, 6) is 0. The summed E-state index contributed by atoms with van der Waals surface area (Å²) >= 11 is 0. The normalized spacial score (nSPS) is 43.9. The van der Waals surface area contributed by atoms with E-state index in [2.05, 4.69) is 4.74 Å². The van der Waals surface area contributed by atoms with Gasteiger partial charge in [0.25, 0.3) is 0 Å².